The number of sulfone groups is 1. The molecule has 1 atom stereocenters. The van der Waals surface area contributed by atoms with Crippen molar-refractivity contribution in [2.24, 2.45) is 7.05 Å². The lowest BCUT2D eigenvalue weighted by Gasteiger charge is -2.32. The van der Waals surface area contributed by atoms with E-state index in [0.29, 0.717) is 52.9 Å². The van der Waals surface area contributed by atoms with Gasteiger partial charge in [-0.2, -0.15) is 5.10 Å². The highest BCUT2D eigenvalue weighted by atomic mass is 32.2. The van der Waals surface area contributed by atoms with Crippen LogP contribution in [0.4, 0.5) is 8.78 Å². The quantitative estimate of drug-likeness (QED) is 0.374. The van der Waals surface area contributed by atoms with E-state index in [-0.39, 0.29) is 34.6 Å². The number of carbonyl (C=O) groups excluding carboxylic acids is 1. The number of alkyl halides is 2. The zero-order chi connectivity index (χ0) is 27.6. The molecule has 6 rings (SSSR count). The Balaban J connectivity index is 1.56. The topological polar surface area (TPSA) is 103 Å². The number of aromatic nitrogens is 5. The fourth-order valence-electron chi connectivity index (χ4n) is 5.81. The number of rotatable bonds is 4. The minimum atomic E-state index is -3.09. The maximum absolute atomic E-state index is 14.3. The van der Waals surface area contributed by atoms with Gasteiger partial charge in [0.25, 0.3) is 6.43 Å². The van der Waals surface area contributed by atoms with E-state index >= 15 is 0 Å². The van der Waals surface area contributed by atoms with Crippen LogP contribution in [-0.4, -0.2) is 62.1 Å². The molecule has 2 aliphatic heterocycles. The van der Waals surface area contributed by atoms with Crippen molar-refractivity contribution in [3.63, 3.8) is 0 Å². The van der Waals surface area contributed by atoms with Crippen LogP contribution >= 0.6 is 0 Å². The second kappa shape index (κ2) is 9.22. The Morgan fingerprint density at radius 1 is 1.08 bits per heavy atom. The third-order valence-corrected chi connectivity index (χ3v) is 9.54. The van der Waals surface area contributed by atoms with Gasteiger partial charge in [-0.05, 0) is 31.9 Å². The van der Waals surface area contributed by atoms with Gasteiger partial charge in [-0.3, -0.25) is 9.48 Å². The Kier molecular flexibility index (Phi) is 6.05. The van der Waals surface area contributed by atoms with Crippen LogP contribution in [0.25, 0.3) is 33.4 Å². The normalized spacial score (nSPS) is 19.7. The maximum atomic E-state index is 14.3. The number of aryl methyl sites for hydroxylation is 1. The van der Waals surface area contributed by atoms with Crippen molar-refractivity contribution in [2.75, 3.05) is 18.6 Å². The number of amides is 1. The van der Waals surface area contributed by atoms with Gasteiger partial charge in [-0.15, -0.1) is 0 Å². The molecule has 1 amide bonds. The molecule has 0 aliphatic carbocycles. The van der Waals surface area contributed by atoms with Crippen molar-refractivity contribution in [3.8, 4) is 22.5 Å². The molecule has 2 aliphatic rings. The molecule has 39 heavy (non-hydrogen) atoms. The fraction of sp³-hybridized carbons (Fsp3) is 0.407. The fourth-order valence-corrected chi connectivity index (χ4v) is 7.30. The molecular weight excluding hydrogens is 526 g/mol. The summed E-state index contributed by atoms with van der Waals surface area (Å²) in [5.74, 6) is 0.642. The van der Waals surface area contributed by atoms with Gasteiger partial charge in [-0.1, -0.05) is 12.1 Å². The summed E-state index contributed by atoms with van der Waals surface area (Å²) in [5, 5.41) is 4.65. The number of benzene rings is 1. The summed E-state index contributed by atoms with van der Waals surface area (Å²) in [7, 11) is 0.357. The van der Waals surface area contributed by atoms with Crippen molar-refractivity contribution in [1.82, 2.24) is 29.2 Å². The molecule has 204 valence electrons. The van der Waals surface area contributed by atoms with Gasteiger partial charge in [0.15, 0.2) is 0 Å². The van der Waals surface area contributed by atoms with E-state index in [1.54, 1.807) is 35.9 Å². The first-order chi connectivity index (χ1) is 18.5. The Hall–Kier alpha value is -3.67. The molecule has 1 saturated heterocycles. The molecule has 4 aromatic rings. The summed E-state index contributed by atoms with van der Waals surface area (Å²) >= 11 is 0. The molecule has 0 N–H and O–H groups in total. The Morgan fingerprint density at radius 2 is 1.82 bits per heavy atom. The van der Waals surface area contributed by atoms with Crippen LogP contribution in [0.15, 0.2) is 36.7 Å². The predicted octanol–water partition coefficient (Wildman–Crippen LogP) is 4.26. The monoisotopic (exact) mass is 554 g/mol. The molecule has 9 nitrogen and oxygen atoms in total. The summed E-state index contributed by atoms with van der Waals surface area (Å²) in [6.07, 6.45) is 1.26. The number of halogens is 2. The van der Waals surface area contributed by atoms with E-state index in [1.165, 1.54) is 12.3 Å². The predicted molar refractivity (Wildman–Crippen MR) is 142 cm³/mol. The number of hydrogen-bond donors (Lipinski definition) is 0. The number of nitrogens with zero attached hydrogens (tertiary/aromatic N) is 6. The van der Waals surface area contributed by atoms with E-state index in [2.05, 4.69) is 10.1 Å². The molecule has 0 spiro atoms. The van der Waals surface area contributed by atoms with Crippen LogP contribution in [-0.2, 0) is 28.2 Å². The van der Waals surface area contributed by atoms with Gasteiger partial charge in [0.1, 0.15) is 21.7 Å². The number of fused-ring (bicyclic) bond motifs is 2. The third-order valence-electron chi connectivity index (χ3n) is 7.82. The van der Waals surface area contributed by atoms with E-state index in [1.807, 2.05) is 23.6 Å². The van der Waals surface area contributed by atoms with Crippen LogP contribution in [0.2, 0.25) is 0 Å². The zero-order valence-corrected chi connectivity index (χ0v) is 22.6. The highest BCUT2D eigenvalue weighted by Crippen LogP contribution is 2.41. The molecule has 0 radical (unpaired) electrons. The van der Waals surface area contributed by atoms with Gasteiger partial charge in [0, 0.05) is 48.3 Å². The SMILES string of the molecule is CC1C(=O)N(C)Cc2c(-c3cccc4nc(-c5cnn(C)c5)c(C(F)F)cc34)nc(C3CCS(=O)(=O)CC3)n21. The van der Waals surface area contributed by atoms with Gasteiger partial charge in [-0.25, -0.2) is 27.2 Å². The van der Waals surface area contributed by atoms with Gasteiger partial charge in [0.05, 0.1) is 46.8 Å². The number of carbonyl (C=O) groups is 1. The number of imidazole rings is 1. The minimum Gasteiger partial charge on any atom is -0.338 e. The third kappa shape index (κ3) is 4.30. The van der Waals surface area contributed by atoms with Crippen LogP contribution in [0.1, 0.15) is 55.2 Å². The lowest BCUT2D eigenvalue weighted by Crippen LogP contribution is -2.40. The number of pyridine rings is 1. The summed E-state index contributed by atoms with van der Waals surface area (Å²) < 4.78 is 56.3. The molecule has 1 unspecified atom stereocenters. The highest BCUT2D eigenvalue weighted by Gasteiger charge is 2.37. The minimum absolute atomic E-state index is 0.0585. The molecular formula is C27H28F2N6O3S. The Labute approximate surface area is 224 Å². The smallest absolute Gasteiger partial charge is 0.265 e. The van der Waals surface area contributed by atoms with Crippen molar-refractivity contribution >= 4 is 26.6 Å². The first kappa shape index (κ1) is 25.6. The highest BCUT2D eigenvalue weighted by molar-refractivity contribution is 7.91. The lowest BCUT2D eigenvalue weighted by atomic mass is 9.99. The largest absolute Gasteiger partial charge is 0.338 e. The van der Waals surface area contributed by atoms with Gasteiger partial charge in [0.2, 0.25) is 5.91 Å². The average molecular weight is 555 g/mol. The van der Waals surface area contributed by atoms with E-state index in [4.69, 9.17) is 4.98 Å². The molecule has 1 fully saturated rings. The van der Waals surface area contributed by atoms with Crippen LogP contribution in [0.5, 0.6) is 0 Å². The molecule has 3 aromatic heterocycles. The molecule has 0 bridgehead atoms. The van der Waals surface area contributed by atoms with Crippen molar-refractivity contribution in [1.29, 1.82) is 0 Å². The molecule has 0 saturated carbocycles. The summed E-state index contributed by atoms with van der Waals surface area (Å²) in [6.45, 7) is 2.12. The first-order valence-electron chi connectivity index (χ1n) is 12.8. The number of likely N-dealkylation sites (N-methyl/N-ethyl adjacent to an activating group) is 1. The molecule has 12 heteroatoms. The van der Waals surface area contributed by atoms with Crippen LogP contribution in [0.3, 0.4) is 0 Å². The first-order valence-corrected chi connectivity index (χ1v) is 14.6. The lowest BCUT2D eigenvalue weighted by molar-refractivity contribution is -0.135. The maximum Gasteiger partial charge on any atom is 0.265 e. The van der Waals surface area contributed by atoms with Crippen molar-refractivity contribution in [3.05, 3.63) is 53.7 Å². The van der Waals surface area contributed by atoms with Gasteiger partial charge >= 0.3 is 0 Å². The zero-order valence-electron chi connectivity index (χ0n) is 21.8. The van der Waals surface area contributed by atoms with E-state index in [0.717, 1.165) is 5.69 Å². The second-order valence-corrected chi connectivity index (χ2v) is 12.7. The van der Waals surface area contributed by atoms with E-state index in [9.17, 15) is 22.0 Å². The van der Waals surface area contributed by atoms with E-state index < -0.39 is 22.3 Å². The summed E-state index contributed by atoms with van der Waals surface area (Å²) in [5.41, 5.74) is 3.07. The molecule has 5 heterocycles. The van der Waals surface area contributed by atoms with Crippen molar-refractivity contribution in [2.45, 2.75) is 44.7 Å². The van der Waals surface area contributed by atoms with Crippen molar-refractivity contribution < 1.29 is 22.0 Å². The average Bonchev–Trinajstić information content (AvgIpc) is 3.50. The summed E-state index contributed by atoms with van der Waals surface area (Å²) in [4.78, 5) is 24.2. The Bertz CT molecular complexity index is 1710. The van der Waals surface area contributed by atoms with Gasteiger partial charge < -0.3 is 9.47 Å². The van der Waals surface area contributed by atoms with Crippen LogP contribution in [0, 0.1) is 0 Å². The number of hydrogen-bond acceptors (Lipinski definition) is 6. The standard InChI is InChI=1S/C27H28F2N6O3S/c1-15-27(36)33(2)14-22-24(32-26(35(15)22)16-7-9-39(37,38)10-8-16)18-5-4-6-21-19(18)11-20(25(28)29)23(31-21)17-12-30-34(3)13-17/h4-6,11-13,15-16,25H,7-10,14H2,1-3H3. The second-order valence-electron chi connectivity index (χ2n) is 10.4. The molecule has 1 aromatic carbocycles. The summed E-state index contributed by atoms with van der Waals surface area (Å²) in [6, 6.07) is 6.39. The Morgan fingerprint density at radius 3 is 2.49 bits per heavy atom. The van der Waals surface area contributed by atoms with Crippen LogP contribution < -0.4 is 0 Å².